The number of rotatable bonds is 19. The largest absolute Gasteiger partial charge is 0.481 e. The summed E-state index contributed by atoms with van der Waals surface area (Å²) in [6.07, 6.45) is 28.3. The van der Waals surface area contributed by atoms with E-state index in [0.717, 1.165) is 12.8 Å². The molecule has 0 heterocycles. The van der Waals surface area contributed by atoms with Gasteiger partial charge < -0.3 is 10.2 Å². The summed E-state index contributed by atoms with van der Waals surface area (Å²) in [7, 11) is 0. The van der Waals surface area contributed by atoms with Gasteiger partial charge in [-0.1, -0.05) is 128 Å². The van der Waals surface area contributed by atoms with Gasteiger partial charge in [0.05, 0.1) is 12.3 Å². The van der Waals surface area contributed by atoms with Crippen LogP contribution in [0, 0.1) is 5.92 Å². The highest BCUT2D eigenvalue weighted by Gasteiger charge is 2.17. The van der Waals surface area contributed by atoms with Crippen LogP contribution in [0.25, 0.3) is 0 Å². The Labute approximate surface area is 185 Å². The molecule has 1 saturated carbocycles. The lowest BCUT2D eigenvalue weighted by molar-refractivity contribution is -0.146. The third-order valence-electron chi connectivity index (χ3n) is 5.80. The summed E-state index contributed by atoms with van der Waals surface area (Å²) in [5.74, 6) is -3.04. The predicted octanol–water partition coefficient (Wildman–Crippen LogP) is 8.15. The van der Waals surface area contributed by atoms with Crippen molar-refractivity contribution in [1.82, 2.24) is 0 Å². The highest BCUT2D eigenvalue weighted by Crippen LogP contribution is 2.15. The maximum Gasteiger partial charge on any atom is 0.310 e. The number of allylic oxidation sites excluding steroid dienone is 1. The van der Waals surface area contributed by atoms with Crippen molar-refractivity contribution in [3.63, 3.8) is 0 Å². The van der Waals surface area contributed by atoms with Crippen LogP contribution >= 0.6 is 0 Å². The van der Waals surface area contributed by atoms with Gasteiger partial charge in [-0.25, -0.2) is 0 Å². The van der Waals surface area contributed by atoms with Gasteiger partial charge in [0.1, 0.15) is 0 Å². The molecule has 0 aromatic carbocycles. The molecule has 0 saturated heterocycles. The van der Waals surface area contributed by atoms with Gasteiger partial charge >= 0.3 is 11.9 Å². The first-order valence-corrected chi connectivity index (χ1v) is 12.7. The van der Waals surface area contributed by atoms with Crippen LogP contribution in [0.15, 0.2) is 12.2 Å². The van der Waals surface area contributed by atoms with Crippen molar-refractivity contribution in [2.45, 2.75) is 135 Å². The van der Waals surface area contributed by atoms with Crippen LogP contribution in [-0.4, -0.2) is 22.2 Å². The van der Waals surface area contributed by atoms with Crippen molar-refractivity contribution in [3.05, 3.63) is 12.2 Å². The Hall–Kier alpha value is -1.32. The van der Waals surface area contributed by atoms with Crippen LogP contribution in [-0.2, 0) is 9.59 Å². The van der Waals surface area contributed by atoms with Gasteiger partial charge in [-0.3, -0.25) is 9.59 Å². The molecular formula is C26H48O4. The Morgan fingerprint density at radius 3 is 1.43 bits per heavy atom. The van der Waals surface area contributed by atoms with Crippen molar-refractivity contribution in [1.29, 1.82) is 0 Å². The molecule has 4 nitrogen and oxygen atoms in total. The van der Waals surface area contributed by atoms with E-state index in [0.29, 0.717) is 0 Å². The summed E-state index contributed by atoms with van der Waals surface area (Å²) in [6, 6.07) is 0. The first kappa shape index (κ1) is 28.7. The Balaban J connectivity index is 0.00000186. The summed E-state index contributed by atoms with van der Waals surface area (Å²) < 4.78 is 0. The molecule has 4 heteroatoms. The lowest BCUT2D eigenvalue weighted by atomic mass is 10.0. The zero-order valence-corrected chi connectivity index (χ0v) is 19.6. The smallest absolute Gasteiger partial charge is 0.310 e. The van der Waals surface area contributed by atoms with Gasteiger partial charge in [0, 0.05) is 0 Å². The summed E-state index contributed by atoms with van der Waals surface area (Å²) in [6.45, 7) is 2.26. The van der Waals surface area contributed by atoms with Gasteiger partial charge in [0.25, 0.3) is 0 Å². The van der Waals surface area contributed by atoms with Crippen LogP contribution in [0.2, 0.25) is 0 Å². The predicted molar refractivity (Wildman–Crippen MR) is 126 cm³/mol. The fourth-order valence-electron chi connectivity index (χ4n) is 3.39. The number of carbonyl (C=O) groups is 2. The maximum absolute atomic E-state index is 10.9. The molecule has 1 unspecified atom stereocenters. The van der Waals surface area contributed by atoms with Crippen molar-refractivity contribution < 1.29 is 19.8 Å². The molecule has 0 radical (unpaired) electrons. The molecule has 1 aliphatic carbocycles. The van der Waals surface area contributed by atoms with E-state index in [1.807, 2.05) is 6.08 Å². The van der Waals surface area contributed by atoms with Crippen LogP contribution in [0.4, 0.5) is 0 Å². The summed E-state index contributed by atoms with van der Waals surface area (Å²) in [4.78, 5) is 21.5. The summed E-state index contributed by atoms with van der Waals surface area (Å²) >= 11 is 0. The second kappa shape index (κ2) is 22.4. The Kier molecular flexibility index (Phi) is 21.4. The lowest BCUT2D eigenvalue weighted by Crippen LogP contribution is -2.15. The van der Waals surface area contributed by atoms with Crippen LogP contribution < -0.4 is 0 Å². The normalized spacial score (nSPS) is 14.0. The first-order valence-electron chi connectivity index (χ1n) is 12.7. The molecule has 1 rings (SSSR count). The summed E-state index contributed by atoms with van der Waals surface area (Å²) in [5, 5.41) is 17.6. The number of hydrogen-bond donors (Lipinski definition) is 2. The SMILES string of the molecule is C1CCC1.CCCCCCCCCCCCCCCC/C=C/C(CC(=O)O)C(=O)O. The van der Waals surface area contributed by atoms with E-state index >= 15 is 0 Å². The molecule has 1 fully saturated rings. The molecule has 30 heavy (non-hydrogen) atoms. The van der Waals surface area contributed by atoms with E-state index in [2.05, 4.69) is 6.92 Å². The first-order chi connectivity index (χ1) is 14.6. The highest BCUT2D eigenvalue weighted by molar-refractivity contribution is 5.79. The molecule has 176 valence electrons. The average Bonchev–Trinajstić information content (AvgIpc) is 2.65. The van der Waals surface area contributed by atoms with Crippen molar-refractivity contribution in [2.24, 2.45) is 5.92 Å². The Morgan fingerprint density at radius 2 is 1.10 bits per heavy atom. The van der Waals surface area contributed by atoms with Crippen molar-refractivity contribution in [3.8, 4) is 0 Å². The molecule has 1 atom stereocenters. The molecule has 0 aliphatic heterocycles. The monoisotopic (exact) mass is 424 g/mol. The molecular weight excluding hydrogens is 376 g/mol. The maximum atomic E-state index is 10.9. The van der Waals surface area contributed by atoms with E-state index in [1.54, 1.807) is 0 Å². The summed E-state index contributed by atoms with van der Waals surface area (Å²) in [5.41, 5.74) is 0. The Bertz CT molecular complexity index is 423. The molecule has 2 N–H and O–H groups in total. The molecule has 0 bridgehead atoms. The molecule has 0 spiro atoms. The minimum atomic E-state index is -1.07. The quantitative estimate of drug-likeness (QED) is 0.162. The minimum absolute atomic E-state index is 0.343. The molecule has 0 aromatic rings. The van der Waals surface area contributed by atoms with Gasteiger partial charge in [-0.2, -0.15) is 0 Å². The van der Waals surface area contributed by atoms with Crippen LogP contribution in [0.5, 0.6) is 0 Å². The van der Waals surface area contributed by atoms with Crippen molar-refractivity contribution >= 4 is 11.9 Å². The second-order valence-corrected chi connectivity index (χ2v) is 8.77. The van der Waals surface area contributed by atoms with Gasteiger partial charge in [0.15, 0.2) is 0 Å². The van der Waals surface area contributed by atoms with Gasteiger partial charge in [0.2, 0.25) is 0 Å². The van der Waals surface area contributed by atoms with Gasteiger partial charge in [-0.05, 0) is 12.8 Å². The third kappa shape index (κ3) is 21.4. The average molecular weight is 425 g/mol. The van der Waals surface area contributed by atoms with Gasteiger partial charge in [-0.15, -0.1) is 0 Å². The minimum Gasteiger partial charge on any atom is -0.481 e. The fraction of sp³-hybridized carbons (Fsp3) is 0.846. The number of carboxylic acid groups (broad SMARTS) is 2. The van der Waals surface area contributed by atoms with Crippen molar-refractivity contribution in [2.75, 3.05) is 0 Å². The number of carboxylic acids is 2. The molecule has 1 aliphatic rings. The molecule has 0 amide bonds. The number of hydrogen-bond acceptors (Lipinski definition) is 2. The number of unbranched alkanes of at least 4 members (excludes halogenated alkanes) is 14. The van der Waals surface area contributed by atoms with E-state index in [-0.39, 0.29) is 6.42 Å². The highest BCUT2D eigenvalue weighted by atomic mass is 16.4. The van der Waals surface area contributed by atoms with Crippen LogP contribution in [0.1, 0.15) is 135 Å². The van der Waals surface area contributed by atoms with E-state index in [1.165, 1.54) is 115 Å². The third-order valence-corrected chi connectivity index (χ3v) is 5.80. The topological polar surface area (TPSA) is 74.6 Å². The molecule has 0 aromatic heterocycles. The van der Waals surface area contributed by atoms with Crippen LogP contribution in [0.3, 0.4) is 0 Å². The standard InChI is InChI=1S/C22H40O4.C4H8/c1-2-3-4-5-6-7-8-9-10-11-12-13-14-15-16-17-18-20(22(25)26)19-21(23)24;1-2-4-3-1/h17-18,20H,2-16,19H2,1H3,(H,23,24)(H,25,26);1-4H2/b18-17+;. The lowest BCUT2D eigenvalue weighted by Gasteiger charge is -2.05. The fourth-order valence-corrected chi connectivity index (χ4v) is 3.39. The van der Waals surface area contributed by atoms with E-state index in [9.17, 15) is 9.59 Å². The van der Waals surface area contributed by atoms with E-state index in [4.69, 9.17) is 10.2 Å². The zero-order valence-electron chi connectivity index (χ0n) is 19.6. The number of aliphatic carboxylic acids is 2. The second-order valence-electron chi connectivity index (χ2n) is 8.77. The van der Waals surface area contributed by atoms with E-state index < -0.39 is 17.9 Å². The zero-order chi connectivity index (χ0) is 22.3. The Morgan fingerprint density at radius 1 is 0.700 bits per heavy atom.